The monoisotopic (exact) mass is 383 g/mol. The van der Waals surface area contributed by atoms with E-state index in [1.165, 1.54) is 36.8 Å². The molecule has 27 heavy (non-hydrogen) atoms. The van der Waals surface area contributed by atoms with Gasteiger partial charge in [0.05, 0.1) is 11.2 Å². The second-order valence-electron chi connectivity index (χ2n) is 5.69. The van der Waals surface area contributed by atoms with Crippen LogP contribution in [0.2, 0.25) is 5.02 Å². The Morgan fingerprint density at radius 1 is 1.07 bits per heavy atom. The Bertz CT molecular complexity index is 1150. The number of benzene rings is 2. The Labute approximate surface area is 158 Å². The Hall–Kier alpha value is -3.19. The van der Waals surface area contributed by atoms with E-state index in [1.54, 1.807) is 19.2 Å². The maximum atomic E-state index is 14.9. The van der Waals surface area contributed by atoms with Crippen molar-refractivity contribution >= 4 is 28.3 Å². The molecule has 0 aliphatic carbocycles. The molecule has 0 atom stereocenters. The topological polar surface area (TPSA) is 63.6 Å². The molecule has 2 heterocycles. The minimum atomic E-state index is -0.610. The summed E-state index contributed by atoms with van der Waals surface area (Å²) >= 11 is 5.85. The summed E-state index contributed by atoms with van der Waals surface area (Å²) in [4.78, 5) is 16.8. The van der Waals surface area contributed by atoms with Gasteiger partial charge in [0.2, 0.25) is 0 Å². The zero-order valence-corrected chi connectivity index (χ0v) is 14.8. The zero-order chi connectivity index (χ0) is 19.0. The third-order valence-electron chi connectivity index (χ3n) is 4.05. The van der Waals surface area contributed by atoms with Crippen LogP contribution in [0.1, 0.15) is 0 Å². The molecular weight excluding hydrogens is 372 g/mol. The fourth-order valence-corrected chi connectivity index (χ4v) is 2.97. The molecule has 134 valence electrons. The van der Waals surface area contributed by atoms with E-state index in [9.17, 15) is 8.78 Å². The summed E-state index contributed by atoms with van der Waals surface area (Å²) in [5.74, 6) is -0.587. The molecule has 0 aliphatic rings. The van der Waals surface area contributed by atoms with E-state index in [1.807, 2.05) is 0 Å². The van der Waals surface area contributed by atoms with Gasteiger partial charge in [0.15, 0.2) is 5.82 Å². The Morgan fingerprint density at radius 2 is 1.93 bits per heavy atom. The smallest absolute Gasteiger partial charge is 0.182 e. The molecule has 4 aromatic rings. The van der Waals surface area contributed by atoms with Gasteiger partial charge in [-0.05, 0) is 23.8 Å². The van der Waals surface area contributed by atoms with Crippen LogP contribution in [0.15, 0.2) is 48.9 Å². The average molecular weight is 384 g/mol. The van der Waals surface area contributed by atoms with Crippen LogP contribution in [0.3, 0.4) is 0 Å². The summed E-state index contributed by atoms with van der Waals surface area (Å²) in [6.07, 6.45) is 4.52. The number of nitrogens with zero attached hydrogens (tertiary/aromatic N) is 4. The van der Waals surface area contributed by atoms with Crippen molar-refractivity contribution in [2.24, 2.45) is 0 Å². The lowest BCUT2D eigenvalue weighted by atomic mass is 10.0. The molecule has 0 saturated heterocycles. The molecule has 2 aromatic heterocycles. The molecule has 2 aromatic carbocycles. The van der Waals surface area contributed by atoms with Crippen molar-refractivity contribution in [2.75, 3.05) is 12.4 Å². The van der Waals surface area contributed by atoms with E-state index < -0.39 is 11.6 Å². The predicted octanol–water partition coefficient (Wildman–Crippen LogP) is 4.73. The fraction of sp³-hybridized carbons (Fsp3) is 0.0526. The summed E-state index contributed by atoms with van der Waals surface area (Å²) in [7, 11) is 1.66. The first-order chi connectivity index (χ1) is 13.1. The first-order valence-electron chi connectivity index (χ1n) is 7.98. The van der Waals surface area contributed by atoms with Gasteiger partial charge in [-0.15, -0.1) is 0 Å². The maximum absolute atomic E-state index is 14.9. The van der Waals surface area contributed by atoms with Gasteiger partial charge in [0.1, 0.15) is 28.7 Å². The number of rotatable bonds is 3. The number of halogens is 3. The standard InChI is InChI=1S/C19H12ClF2N5/c1-23-18-12-7-10(11-3-2-4-13(20)16(11)22)8-14(21)17(12)26-19(27-18)15-9-24-5-6-25-15/h2-9H,1H3,(H,23,26,27). The van der Waals surface area contributed by atoms with E-state index in [-0.39, 0.29) is 21.9 Å². The van der Waals surface area contributed by atoms with E-state index >= 15 is 0 Å². The van der Waals surface area contributed by atoms with Gasteiger partial charge in [-0.3, -0.25) is 4.98 Å². The van der Waals surface area contributed by atoms with Gasteiger partial charge in [-0.1, -0.05) is 23.7 Å². The fourth-order valence-electron chi connectivity index (χ4n) is 2.79. The normalized spacial score (nSPS) is 11.0. The van der Waals surface area contributed by atoms with Crippen LogP contribution in [0.5, 0.6) is 0 Å². The zero-order valence-electron chi connectivity index (χ0n) is 14.0. The molecule has 8 heteroatoms. The van der Waals surface area contributed by atoms with Crippen LogP contribution in [-0.2, 0) is 0 Å². The van der Waals surface area contributed by atoms with E-state index in [0.29, 0.717) is 22.5 Å². The molecule has 0 radical (unpaired) electrons. The van der Waals surface area contributed by atoms with Gasteiger partial charge in [0, 0.05) is 30.4 Å². The third kappa shape index (κ3) is 3.06. The van der Waals surface area contributed by atoms with Crippen molar-refractivity contribution < 1.29 is 8.78 Å². The quantitative estimate of drug-likeness (QED) is 0.554. The van der Waals surface area contributed by atoms with E-state index in [4.69, 9.17) is 11.6 Å². The minimum Gasteiger partial charge on any atom is -0.373 e. The Morgan fingerprint density at radius 3 is 2.67 bits per heavy atom. The molecule has 5 nitrogen and oxygen atoms in total. The van der Waals surface area contributed by atoms with Crippen LogP contribution in [-0.4, -0.2) is 27.0 Å². The predicted molar refractivity (Wildman–Crippen MR) is 100 cm³/mol. The Balaban J connectivity index is 1.97. The van der Waals surface area contributed by atoms with Crippen molar-refractivity contribution in [1.29, 1.82) is 0 Å². The summed E-state index contributed by atoms with van der Waals surface area (Å²) in [6, 6.07) is 7.43. The molecule has 0 saturated carbocycles. The lowest BCUT2D eigenvalue weighted by Gasteiger charge is -2.11. The van der Waals surface area contributed by atoms with Crippen LogP contribution in [0.4, 0.5) is 14.6 Å². The van der Waals surface area contributed by atoms with Crippen LogP contribution < -0.4 is 5.32 Å². The SMILES string of the molecule is CNc1nc(-c2cnccn2)nc2c(F)cc(-c3cccc(Cl)c3F)cc12. The summed E-state index contributed by atoms with van der Waals surface area (Å²) in [6.45, 7) is 0. The second kappa shape index (κ2) is 6.85. The summed E-state index contributed by atoms with van der Waals surface area (Å²) in [5, 5.41) is 3.31. The van der Waals surface area contributed by atoms with Crippen molar-refractivity contribution in [3.05, 3.63) is 65.6 Å². The number of aromatic nitrogens is 4. The lowest BCUT2D eigenvalue weighted by Crippen LogP contribution is -2.02. The van der Waals surface area contributed by atoms with E-state index in [2.05, 4.69) is 25.3 Å². The van der Waals surface area contributed by atoms with Crippen LogP contribution in [0.25, 0.3) is 33.5 Å². The molecule has 1 N–H and O–H groups in total. The third-order valence-corrected chi connectivity index (χ3v) is 4.34. The minimum absolute atomic E-state index is 0.0314. The van der Waals surface area contributed by atoms with Gasteiger partial charge < -0.3 is 5.32 Å². The van der Waals surface area contributed by atoms with E-state index in [0.717, 1.165) is 0 Å². The average Bonchev–Trinajstić information content (AvgIpc) is 2.70. The molecule has 4 rings (SSSR count). The van der Waals surface area contributed by atoms with Crippen molar-refractivity contribution in [1.82, 2.24) is 19.9 Å². The van der Waals surface area contributed by atoms with Gasteiger partial charge in [-0.25, -0.2) is 23.7 Å². The number of fused-ring (bicyclic) bond motifs is 1. The molecule has 0 unspecified atom stereocenters. The number of hydrogen-bond donors (Lipinski definition) is 1. The van der Waals surface area contributed by atoms with Crippen LogP contribution in [0, 0.1) is 11.6 Å². The molecule has 0 fully saturated rings. The first kappa shape index (κ1) is 17.2. The van der Waals surface area contributed by atoms with Crippen molar-refractivity contribution in [3.8, 4) is 22.6 Å². The Kier molecular flexibility index (Phi) is 4.37. The summed E-state index contributed by atoms with van der Waals surface area (Å²) in [5.41, 5.74) is 1.05. The van der Waals surface area contributed by atoms with Gasteiger partial charge in [0.25, 0.3) is 0 Å². The molecule has 0 bridgehead atoms. The van der Waals surface area contributed by atoms with Gasteiger partial charge >= 0.3 is 0 Å². The van der Waals surface area contributed by atoms with Crippen molar-refractivity contribution in [2.45, 2.75) is 0 Å². The largest absolute Gasteiger partial charge is 0.373 e. The number of nitrogens with one attached hydrogen (secondary N) is 1. The van der Waals surface area contributed by atoms with Crippen LogP contribution >= 0.6 is 11.6 Å². The highest BCUT2D eigenvalue weighted by molar-refractivity contribution is 6.31. The molecular formula is C19H12ClF2N5. The molecule has 0 aliphatic heterocycles. The molecule has 0 spiro atoms. The first-order valence-corrected chi connectivity index (χ1v) is 8.36. The number of hydrogen-bond acceptors (Lipinski definition) is 5. The lowest BCUT2D eigenvalue weighted by molar-refractivity contribution is 0.629. The number of anilines is 1. The highest BCUT2D eigenvalue weighted by Crippen LogP contribution is 2.33. The maximum Gasteiger partial charge on any atom is 0.182 e. The second-order valence-corrected chi connectivity index (χ2v) is 6.10. The summed E-state index contributed by atoms with van der Waals surface area (Å²) < 4.78 is 29.2. The highest BCUT2D eigenvalue weighted by Gasteiger charge is 2.17. The molecule has 0 amide bonds. The van der Waals surface area contributed by atoms with Gasteiger partial charge in [-0.2, -0.15) is 0 Å². The highest BCUT2D eigenvalue weighted by atomic mass is 35.5. The van der Waals surface area contributed by atoms with Crippen molar-refractivity contribution in [3.63, 3.8) is 0 Å².